The van der Waals surface area contributed by atoms with Crippen LogP contribution in [0.3, 0.4) is 0 Å². The zero-order valence-corrected chi connectivity index (χ0v) is 15.7. The molecule has 2 aromatic carbocycles. The highest BCUT2D eigenvalue weighted by molar-refractivity contribution is 5.94. The van der Waals surface area contributed by atoms with E-state index in [1.54, 1.807) is 12.1 Å². The molecule has 0 aliphatic carbocycles. The molecule has 0 saturated carbocycles. The predicted octanol–water partition coefficient (Wildman–Crippen LogP) is 3.32. The average molecular weight is 422 g/mol. The number of esters is 1. The Labute approximate surface area is 173 Å². The number of ether oxygens (including phenoxy) is 1. The first-order valence-corrected chi connectivity index (χ1v) is 9.17. The molecule has 9 nitrogen and oxygen atoms in total. The van der Waals surface area contributed by atoms with Crippen molar-refractivity contribution in [1.29, 1.82) is 0 Å². The van der Waals surface area contributed by atoms with Crippen LogP contribution >= 0.6 is 0 Å². The first-order valence-electron chi connectivity index (χ1n) is 9.17. The number of aromatic hydroxyl groups is 4. The smallest absolute Gasteiger partial charge is 0.312 e. The molecule has 1 aliphatic heterocycles. The van der Waals surface area contributed by atoms with Crippen LogP contribution in [0.15, 0.2) is 56.3 Å². The molecule has 9 heteroatoms. The summed E-state index contributed by atoms with van der Waals surface area (Å²) < 4.78 is 16.6. The van der Waals surface area contributed by atoms with Gasteiger partial charge < -0.3 is 34.0 Å². The van der Waals surface area contributed by atoms with Crippen molar-refractivity contribution in [2.45, 2.75) is 12.3 Å². The minimum absolute atomic E-state index is 0.00371. The van der Waals surface area contributed by atoms with E-state index in [1.807, 2.05) is 0 Å². The molecule has 0 radical (unpaired) electrons. The molecule has 1 atom stereocenters. The van der Waals surface area contributed by atoms with Gasteiger partial charge in [0, 0.05) is 17.2 Å². The first-order chi connectivity index (χ1) is 14.8. The van der Waals surface area contributed by atoms with Crippen LogP contribution in [0.1, 0.15) is 23.7 Å². The second kappa shape index (κ2) is 6.56. The summed E-state index contributed by atoms with van der Waals surface area (Å²) in [6.45, 7) is 0. The van der Waals surface area contributed by atoms with E-state index in [2.05, 4.69) is 0 Å². The van der Waals surface area contributed by atoms with Crippen molar-refractivity contribution >= 4 is 16.9 Å². The molecule has 0 saturated heterocycles. The summed E-state index contributed by atoms with van der Waals surface area (Å²) in [4.78, 5) is 25.1. The Morgan fingerprint density at radius 2 is 1.74 bits per heavy atom. The second-order valence-electron chi connectivity index (χ2n) is 7.07. The van der Waals surface area contributed by atoms with Crippen LogP contribution in [0.4, 0.5) is 0 Å². The fraction of sp³-hybridized carbons (Fsp3) is 0.0909. The Morgan fingerprint density at radius 3 is 2.45 bits per heavy atom. The predicted molar refractivity (Wildman–Crippen MR) is 105 cm³/mol. The molecule has 0 bridgehead atoms. The third-order valence-corrected chi connectivity index (χ3v) is 5.19. The Bertz CT molecular complexity index is 1410. The lowest BCUT2D eigenvalue weighted by Crippen LogP contribution is -2.21. The summed E-state index contributed by atoms with van der Waals surface area (Å²) in [5.74, 6) is -3.32. The van der Waals surface area contributed by atoms with Gasteiger partial charge in [-0.15, -0.1) is 0 Å². The number of hydrogen-bond donors (Lipinski definition) is 4. The zero-order valence-electron chi connectivity index (χ0n) is 15.7. The van der Waals surface area contributed by atoms with Gasteiger partial charge >= 0.3 is 5.97 Å². The van der Waals surface area contributed by atoms with Crippen LogP contribution in [-0.4, -0.2) is 26.4 Å². The van der Waals surface area contributed by atoms with Crippen LogP contribution in [0.25, 0.3) is 22.3 Å². The van der Waals surface area contributed by atoms with Gasteiger partial charge in [0.05, 0.1) is 18.6 Å². The number of phenolic OH excluding ortho intramolecular Hbond substituents is 3. The summed E-state index contributed by atoms with van der Waals surface area (Å²) in [7, 11) is 0. The topological polar surface area (TPSA) is 151 Å². The fourth-order valence-corrected chi connectivity index (χ4v) is 3.77. The SMILES string of the molecule is O=C1C[C@H](c2ccco2)c2c(cc(O)c3c(=O)c(O)c(-c4ccc(O)c(O)c4)oc23)O1. The standard InChI is InChI=1S/C22H14O9/c23-11-4-3-9(6-12(11)24)21-20(28)19(27)18-13(25)8-15-17(22(18)31-21)10(7-16(26)30-15)14-2-1-5-29-14/h1-6,8,10,23-25,28H,7H2/t10-/m1/s1. The Morgan fingerprint density at radius 1 is 0.935 bits per heavy atom. The van der Waals surface area contributed by atoms with Gasteiger partial charge in [0.25, 0.3) is 0 Å². The van der Waals surface area contributed by atoms with Gasteiger partial charge in [-0.25, -0.2) is 0 Å². The van der Waals surface area contributed by atoms with Gasteiger partial charge in [-0.05, 0) is 30.3 Å². The maximum atomic E-state index is 12.9. The van der Waals surface area contributed by atoms with Crippen molar-refractivity contribution in [3.8, 4) is 40.1 Å². The lowest BCUT2D eigenvalue weighted by Gasteiger charge is -2.24. The van der Waals surface area contributed by atoms with Crippen LogP contribution in [-0.2, 0) is 4.79 Å². The monoisotopic (exact) mass is 422 g/mol. The van der Waals surface area contributed by atoms with Crippen molar-refractivity contribution in [3.05, 3.63) is 64.2 Å². The number of carbonyl (C=O) groups excluding carboxylic acids is 1. The van der Waals surface area contributed by atoms with Crippen molar-refractivity contribution in [3.63, 3.8) is 0 Å². The summed E-state index contributed by atoms with van der Waals surface area (Å²) in [5.41, 5.74) is -0.622. The number of phenols is 3. The maximum absolute atomic E-state index is 12.9. The molecule has 4 aromatic rings. The van der Waals surface area contributed by atoms with E-state index in [0.717, 1.165) is 12.1 Å². The van der Waals surface area contributed by atoms with Gasteiger partial charge in [0.15, 0.2) is 17.3 Å². The Balaban J connectivity index is 1.87. The number of rotatable bonds is 2. The minimum Gasteiger partial charge on any atom is -0.507 e. The highest BCUT2D eigenvalue weighted by Crippen LogP contribution is 2.47. The Hall–Kier alpha value is -4.40. The van der Waals surface area contributed by atoms with Crippen LogP contribution in [0, 0.1) is 0 Å². The van der Waals surface area contributed by atoms with E-state index >= 15 is 0 Å². The molecule has 4 N–H and O–H groups in total. The lowest BCUT2D eigenvalue weighted by molar-refractivity contribution is -0.135. The zero-order chi connectivity index (χ0) is 21.9. The molecule has 156 valence electrons. The molecular formula is C22H14O9. The minimum atomic E-state index is -0.917. The van der Waals surface area contributed by atoms with E-state index in [9.17, 15) is 30.0 Å². The maximum Gasteiger partial charge on any atom is 0.312 e. The van der Waals surface area contributed by atoms with Gasteiger partial charge in [-0.3, -0.25) is 9.59 Å². The summed E-state index contributed by atoms with van der Waals surface area (Å²) in [6, 6.07) is 8.02. The molecule has 0 amide bonds. The van der Waals surface area contributed by atoms with E-state index in [1.165, 1.54) is 18.4 Å². The first kappa shape index (κ1) is 18.6. The van der Waals surface area contributed by atoms with Gasteiger partial charge in [0.1, 0.15) is 28.2 Å². The highest BCUT2D eigenvalue weighted by Gasteiger charge is 2.35. The van der Waals surface area contributed by atoms with Crippen molar-refractivity contribution < 1.29 is 38.8 Å². The van der Waals surface area contributed by atoms with Gasteiger partial charge in [-0.1, -0.05) is 0 Å². The lowest BCUT2D eigenvalue weighted by atomic mass is 9.88. The number of hydrogen-bond acceptors (Lipinski definition) is 9. The Kier molecular flexibility index (Phi) is 3.94. The molecule has 1 aliphatic rings. The molecule has 0 unspecified atom stereocenters. The second-order valence-corrected chi connectivity index (χ2v) is 7.07. The molecule has 31 heavy (non-hydrogen) atoms. The van der Waals surface area contributed by atoms with E-state index in [4.69, 9.17) is 13.6 Å². The van der Waals surface area contributed by atoms with Gasteiger partial charge in [-0.2, -0.15) is 0 Å². The van der Waals surface area contributed by atoms with E-state index in [-0.39, 0.29) is 34.5 Å². The highest BCUT2D eigenvalue weighted by atomic mass is 16.5. The fourth-order valence-electron chi connectivity index (χ4n) is 3.77. The molecule has 5 rings (SSSR count). The average Bonchev–Trinajstić information content (AvgIpc) is 3.26. The molecule has 0 fully saturated rings. The largest absolute Gasteiger partial charge is 0.507 e. The molecule has 3 heterocycles. The van der Waals surface area contributed by atoms with E-state index < -0.39 is 40.3 Å². The van der Waals surface area contributed by atoms with Crippen molar-refractivity contribution in [1.82, 2.24) is 0 Å². The summed E-state index contributed by atoms with van der Waals surface area (Å²) in [5, 5.41) is 39.9. The van der Waals surface area contributed by atoms with Crippen molar-refractivity contribution in [2.24, 2.45) is 0 Å². The van der Waals surface area contributed by atoms with Crippen LogP contribution in [0.5, 0.6) is 28.7 Å². The third-order valence-electron chi connectivity index (χ3n) is 5.19. The van der Waals surface area contributed by atoms with Crippen LogP contribution in [0.2, 0.25) is 0 Å². The molecule has 2 aromatic heterocycles. The number of furan rings is 1. The number of carbonyl (C=O) groups is 1. The summed E-state index contributed by atoms with van der Waals surface area (Å²) in [6.07, 6.45) is 1.34. The quantitative estimate of drug-likeness (QED) is 0.217. The van der Waals surface area contributed by atoms with Gasteiger partial charge in [0.2, 0.25) is 11.2 Å². The number of fused-ring (bicyclic) bond motifs is 3. The molecular weight excluding hydrogens is 408 g/mol. The third kappa shape index (κ3) is 2.78. The summed E-state index contributed by atoms with van der Waals surface area (Å²) >= 11 is 0. The normalized spacial score (nSPS) is 15.6. The van der Waals surface area contributed by atoms with Crippen molar-refractivity contribution in [2.75, 3.05) is 0 Å². The number of benzene rings is 2. The molecule has 0 spiro atoms. The van der Waals surface area contributed by atoms with Crippen LogP contribution < -0.4 is 10.2 Å². The van der Waals surface area contributed by atoms with E-state index in [0.29, 0.717) is 11.3 Å².